The van der Waals surface area contributed by atoms with E-state index in [4.69, 9.17) is 4.74 Å². The van der Waals surface area contributed by atoms with E-state index in [1.165, 1.54) is 0 Å². The molecule has 1 aliphatic rings. The number of carbonyl (C=O) groups is 1. The molecule has 0 N–H and O–H groups in total. The van der Waals surface area contributed by atoms with Gasteiger partial charge in [-0.15, -0.1) is 0 Å². The van der Waals surface area contributed by atoms with Crippen molar-refractivity contribution in [1.82, 2.24) is 4.90 Å². The second-order valence-corrected chi connectivity index (χ2v) is 6.59. The Labute approximate surface area is 111 Å². The van der Waals surface area contributed by atoms with Gasteiger partial charge in [-0.25, -0.2) is 4.79 Å². The predicted molar refractivity (Wildman–Crippen MR) is 74.5 cm³/mol. The number of hydrogen-bond donors (Lipinski definition) is 0. The molecule has 104 valence electrons. The van der Waals surface area contributed by atoms with E-state index in [1.807, 2.05) is 6.92 Å². The van der Waals surface area contributed by atoms with E-state index < -0.39 is 0 Å². The molecule has 1 fully saturated rings. The highest BCUT2D eigenvalue weighted by Crippen LogP contribution is 2.38. The number of carbonyl (C=O) groups excluding carboxylic acids is 1. The van der Waals surface area contributed by atoms with E-state index in [1.54, 1.807) is 13.0 Å². The summed E-state index contributed by atoms with van der Waals surface area (Å²) < 4.78 is 5.63. The van der Waals surface area contributed by atoms with Gasteiger partial charge in [-0.2, -0.15) is 0 Å². The zero-order valence-electron chi connectivity index (χ0n) is 12.8. The van der Waals surface area contributed by atoms with Gasteiger partial charge in [0.25, 0.3) is 0 Å². The summed E-state index contributed by atoms with van der Waals surface area (Å²) in [7, 11) is 2.15. The third kappa shape index (κ3) is 3.14. The molecule has 0 bridgehead atoms. The molecule has 0 unspecified atom stereocenters. The van der Waals surface area contributed by atoms with Crippen molar-refractivity contribution in [2.24, 2.45) is 0 Å². The average molecular weight is 253 g/mol. The first-order valence-corrected chi connectivity index (χ1v) is 6.68. The molecule has 0 aliphatic carbocycles. The van der Waals surface area contributed by atoms with Gasteiger partial charge in [0.1, 0.15) is 6.10 Å². The summed E-state index contributed by atoms with van der Waals surface area (Å²) in [5, 5.41) is 0. The fraction of sp³-hybridized carbons (Fsp3) is 0.800. The number of nitrogens with zero attached hydrogens (tertiary/aromatic N) is 1. The third-order valence-electron chi connectivity index (χ3n) is 4.30. The summed E-state index contributed by atoms with van der Waals surface area (Å²) in [4.78, 5) is 14.2. The lowest BCUT2D eigenvalue weighted by atomic mass is 9.79. The molecule has 1 heterocycles. The number of ether oxygens (including phenoxy) is 1. The summed E-state index contributed by atoms with van der Waals surface area (Å²) >= 11 is 0. The number of likely N-dealkylation sites (tertiary alicyclic amines) is 1. The van der Waals surface area contributed by atoms with Crippen molar-refractivity contribution in [3.05, 3.63) is 11.6 Å². The molecule has 1 aliphatic heterocycles. The van der Waals surface area contributed by atoms with Crippen molar-refractivity contribution in [2.75, 3.05) is 7.05 Å². The van der Waals surface area contributed by atoms with Crippen molar-refractivity contribution in [2.45, 2.75) is 71.6 Å². The van der Waals surface area contributed by atoms with Gasteiger partial charge in [-0.05, 0) is 48.6 Å². The van der Waals surface area contributed by atoms with Gasteiger partial charge >= 0.3 is 5.97 Å². The Balaban J connectivity index is 2.79. The highest BCUT2D eigenvalue weighted by atomic mass is 16.5. The maximum Gasteiger partial charge on any atom is 0.333 e. The number of piperidine rings is 1. The maximum absolute atomic E-state index is 11.8. The van der Waals surface area contributed by atoms with Crippen LogP contribution in [-0.4, -0.2) is 35.1 Å². The lowest BCUT2D eigenvalue weighted by molar-refractivity contribution is -0.154. The van der Waals surface area contributed by atoms with Gasteiger partial charge in [0.15, 0.2) is 0 Å². The Morgan fingerprint density at radius 2 is 1.67 bits per heavy atom. The molecule has 1 rings (SSSR count). The second kappa shape index (κ2) is 5.04. The van der Waals surface area contributed by atoms with E-state index in [2.05, 4.69) is 39.6 Å². The molecule has 3 heteroatoms. The van der Waals surface area contributed by atoms with Crippen molar-refractivity contribution < 1.29 is 9.53 Å². The van der Waals surface area contributed by atoms with Gasteiger partial charge in [-0.3, -0.25) is 4.90 Å². The summed E-state index contributed by atoms with van der Waals surface area (Å²) in [6, 6.07) is 0. The van der Waals surface area contributed by atoms with Gasteiger partial charge in [0.2, 0.25) is 0 Å². The van der Waals surface area contributed by atoms with Crippen molar-refractivity contribution in [3.8, 4) is 0 Å². The number of hydrogen-bond acceptors (Lipinski definition) is 3. The minimum Gasteiger partial charge on any atom is -0.459 e. The van der Waals surface area contributed by atoms with Gasteiger partial charge in [-0.1, -0.05) is 6.08 Å². The fourth-order valence-electron chi connectivity index (χ4n) is 2.73. The number of allylic oxidation sites excluding steroid dienone is 1. The molecule has 0 aromatic heterocycles. The molecular weight excluding hydrogens is 226 g/mol. The SMILES string of the molecule is C/C=C(/C)C(=O)OC1CC(C)(C)N(C)C(C)(C)C1. The van der Waals surface area contributed by atoms with Crippen LogP contribution in [0.2, 0.25) is 0 Å². The van der Waals surface area contributed by atoms with Crippen LogP contribution in [-0.2, 0) is 9.53 Å². The molecular formula is C15H27NO2. The normalized spacial score (nSPS) is 24.9. The van der Waals surface area contributed by atoms with Crippen LogP contribution < -0.4 is 0 Å². The first kappa shape index (κ1) is 15.2. The van der Waals surface area contributed by atoms with Crippen LogP contribution in [0.3, 0.4) is 0 Å². The first-order chi connectivity index (χ1) is 8.10. The predicted octanol–water partition coefficient (Wildman–Crippen LogP) is 3.15. The van der Waals surface area contributed by atoms with Crippen molar-refractivity contribution >= 4 is 5.97 Å². The molecule has 3 nitrogen and oxygen atoms in total. The Hall–Kier alpha value is -0.830. The largest absolute Gasteiger partial charge is 0.459 e. The lowest BCUT2D eigenvalue weighted by Crippen LogP contribution is -2.60. The topological polar surface area (TPSA) is 29.5 Å². The summed E-state index contributed by atoms with van der Waals surface area (Å²) in [5.74, 6) is -0.182. The minimum absolute atomic E-state index is 0.00796. The standard InChI is InChI=1S/C15H27NO2/c1-8-11(2)13(17)18-12-9-14(3,4)16(7)15(5,6)10-12/h8,12H,9-10H2,1-7H3/b11-8-. The summed E-state index contributed by atoms with van der Waals surface area (Å²) in [6.07, 6.45) is 3.58. The first-order valence-electron chi connectivity index (χ1n) is 6.68. The molecule has 0 radical (unpaired) electrons. The zero-order valence-corrected chi connectivity index (χ0v) is 12.8. The fourth-order valence-corrected chi connectivity index (χ4v) is 2.73. The summed E-state index contributed by atoms with van der Waals surface area (Å²) in [6.45, 7) is 12.5. The van der Waals surface area contributed by atoms with Gasteiger partial charge < -0.3 is 4.74 Å². The Kier molecular flexibility index (Phi) is 4.26. The Morgan fingerprint density at radius 3 is 2.06 bits per heavy atom. The van der Waals surface area contributed by atoms with Gasteiger partial charge in [0.05, 0.1) is 0 Å². The lowest BCUT2D eigenvalue weighted by Gasteiger charge is -2.53. The Bertz CT molecular complexity index is 338. The van der Waals surface area contributed by atoms with Crippen LogP contribution in [0.4, 0.5) is 0 Å². The monoisotopic (exact) mass is 253 g/mol. The second-order valence-electron chi connectivity index (χ2n) is 6.59. The smallest absolute Gasteiger partial charge is 0.333 e. The van der Waals surface area contributed by atoms with Crippen LogP contribution >= 0.6 is 0 Å². The zero-order chi connectivity index (χ0) is 14.1. The van der Waals surface area contributed by atoms with Crippen LogP contribution in [0.15, 0.2) is 11.6 Å². The van der Waals surface area contributed by atoms with E-state index >= 15 is 0 Å². The quantitative estimate of drug-likeness (QED) is 0.559. The third-order valence-corrected chi connectivity index (χ3v) is 4.30. The van der Waals surface area contributed by atoms with Crippen molar-refractivity contribution in [3.63, 3.8) is 0 Å². The highest BCUT2D eigenvalue weighted by molar-refractivity contribution is 5.87. The van der Waals surface area contributed by atoms with E-state index in [0.717, 1.165) is 12.8 Å². The van der Waals surface area contributed by atoms with Crippen LogP contribution in [0.5, 0.6) is 0 Å². The summed E-state index contributed by atoms with van der Waals surface area (Å²) in [5.41, 5.74) is 0.789. The molecule has 18 heavy (non-hydrogen) atoms. The Morgan fingerprint density at radius 1 is 1.22 bits per heavy atom. The van der Waals surface area contributed by atoms with E-state index in [-0.39, 0.29) is 23.2 Å². The highest BCUT2D eigenvalue weighted by Gasteiger charge is 2.44. The van der Waals surface area contributed by atoms with Crippen LogP contribution in [0.25, 0.3) is 0 Å². The molecule has 0 aromatic rings. The van der Waals surface area contributed by atoms with E-state index in [0.29, 0.717) is 5.57 Å². The van der Waals surface area contributed by atoms with Crippen LogP contribution in [0.1, 0.15) is 54.4 Å². The van der Waals surface area contributed by atoms with E-state index in [9.17, 15) is 4.79 Å². The average Bonchev–Trinajstić information content (AvgIpc) is 2.23. The number of rotatable bonds is 2. The maximum atomic E-state index is 11.8. The molecule has 0 aromatic carbocycles. The number of esters is 1. The van der Waals surface area contributed by atoms with Gasteiger partial charge in [0, 0.05) is 29.5 Å². The van der Waals surface area contributed by atoms with Crippen molar-refractivity contribution in [1.29, 1.82) is 0 Å². The minimum atomic E-state index is -0.182. The molecule has 0 saturated carbocycles. The van der Waals surface area contributed by atoms with Crippen LogP contribution in [0, 0.1) is 0 Å². The molecule has 0 spiro atoms. The molecule has 1 saturated heterocycles. The molecule has 0 atom stereocenters. The molecule has 0 amide bonds.